The summed E-state index contributed by atoms with van der Waals surface area (Å²) in [7, 11) is 1.52. The molecule has 6 heteroatoms. The average molecular weight is 227 g/mol. The van der Waals surface area contributed by atoms with E-state index in [9.17, 15) is 9.59 Å². The average Bonchev–Trinajstić information content (AvgIpc) is 2.68. The van der Waals surface area contributed by atoms with Gasteiger partial charge in [-0.1, -0.05) is 0 Å². The van der Waals surface area contributed by atoms with E-state index in [2.05, 4.69) is 10.6 Å². The van der Waals surface area contributed by atoms with Crippen LogP contribution in [0.1, 0.15) is 18.0 Å². The second-order valence-corrected chi connectivity index (χ2v) is 3.78. The first-order chi connectivity index (χ1) is 7.13. The van der Waals surface area contributed by atoms with Crippen LogP contribution in [0.15, 0.2) is 16.8 Å². The van der Waals surface area contributed by atoms with E-state index in [1.165, 1.54) is 18.4 Å². The van der Waals surface area contributed by atoms with Gasteiger partial charge in [0.1, 0.15) is 0 Å². The number of carbonyl (C=O) groups is 2. The molecule has 0 bridgehead atoms. The maximum atomic E-state index is 11.1. The van der Waals surface area contributed by atoms with Crippen molar-refractivity contribution in [3.05, 3.63) is 22.4 Å². The Kier molecular flexibility index (Phi) is 4.11. The molecule has 0 saturated carbocycles. The summed E-state index contributed by atoms with van der Waals surface area (Å²) in [5.41, 5.74) is 6.00. The van der Waals surface area contributed by atoms with Crippen LogP contribution in [-0.4, -0.2) is 19.0 Å². The first-order valence-corrected chi connectivity index (χ1v) is 5.36. The zero-order valence-electron chi connectivity index (χ0n) is 8.32. The van der Waals surface area contributed by atoms with Gasteiger partial charge in [0.15, 0.2) is 0 Å². The second kappa shape index (κ2) is 5.35. The summed E-state index contributed by atoms with van der Waals surface area (Å²) in [6.45, 7) is 0. The minimum Gasteiger partial charge on any atom is -0.370 e. The molecule has 5 nitrogen and oxygen atoms in total. The Labute approximate surface area is 91.7 Å². The third-order valence-electron chi connectivity index (χ3n) is 1.88. The summed E-state index contributed by atoms with van der Waals surface area (Å²) >= 11 is 1.51. The van der Waals surface area contributed by atoms with Crippen molar-refractivity contribution < 1.29 is 9.59 Å². The SMILES string of the molecule is CNC(=O)NC(CC(N)=O)c1ccsc1. The summed E-state index contributed by atoms with van der Waals surface area (Å²) in [6, 6.07) is 1.18. The van der Waals surface area contributed by atoms with Crippen molar-refractivity contribution in [2.45, 2.75) is 12.5 Å². The predicted molar refractivity (Wildman–Crippen MR) is 58.5 cm³/mol. The molecular formula is C9H13N3O2S. The maximum absolute atomic E-state index is 11.1. The minimum atomic E-state index is -0.442. The van der Waals surface area contributed by atoms with E-state index in [1.54, 1.807) is 0 Å². The maximum Gasteiger partial charge on any atom is 0.315 e. The molecule has 1 aromatic rings. The number of urea groups is 1. The number of hydrogen-bond donors (Lipinski definition) is 3. The van der Waals surface area contributed by atoms with Gasteiger partial charge in [0.05, 0.1) is 12.5 Å². The van der Waals surface area contributed by atoms with E-state index in [-0.39, 0.29) is 18.5 Å². The molecule has 0 radical (unpaired) electrons. The van der Waals surface area contributed by atoms with Gasteiger partial charge in [-0.05, 0) is 22.4 Å². The van der Waals surface area contributed by atoms with Crippen molar-refractivity contribution in [1.29, 1.82) is 0 Å². The first-order valence-electron chi connectivity index (χ1n) is 4.42. The number of thiophene rings is 1. The molecular weight excluding hydrogens is 214 g/mol. The zero-order chi connectivity index (χ0) is 11.3. The lowest BCUT2D eigenvalue weighted by atomic mass is 10.1. The van der Waals surface area contributed by atoms with Crippen LogP contribution in [0.2, 0.25) is 0 Å². The number of hydrogen-bond acceptors (Lipinski definition) is 3. The van der Waals surface area contributed by atoms with Crippen LogP contribution in [0, 0.1) is 0 Å². The molecule has 1 atom stereocenters. The molecule has 0 aliphatic carbocycles. The van der Waals surface area contributed by atoms with Crippen LogP contribution in [0.25, 0.3) is 0 Å². The van der Waals surface area contributed by atoms with Crippen LogP contribution in [-0.2, 0) is 4.79 Å². The van der Waals surface area contributed by atoms with Crippen molar-refractivity contribution in [2.75, 3.05) is 7.05 Å². The highest BCUT2D eigenvalue weighted by Crippen LogP contribution is 2.19. The van der Waals surface area contributed by atoms with E-state index in [4.69, 9.17) is 5.73 Å². The monoisotopic (exact) mass is 227 g/mol. The predicted octanol–water partition coefficient (Wildman–Crippen LogP) is 0.594. The summed E-state index contributed by atoms with van der Waals surface area (Å²) in [6.07, 6.45) is 0.101. The van der Waals surface area contributed by atoms with Crippen LogP contribution in [0.3, 0.4) is 0 Å². The molecule has 82 valence electrons. The Morgan fingerprint density at radius 3 is 2.80 bits per heavy atom. The Balaban J connectivity index is 2.70. The third-order valence-corrected chi connectivity index (χ3v) is 2.58. The van der Waals surface area contributed by atoms with Gasteiger partial charge in [-0.25, -0.2) is 4.79 Å². The molecule has 0 fully saturated rings. The van der Waals surface area contributed by atoms with Crippen LogP contribution < -0.4 is 16.4 Å². The number of nitrogens with one attached hydrogen (secondary N) is 2. The molecule has 1 unspecified atom stereocenters. The largest absolute Gasteiger partial charge is 0.370 e. The van der Waals surface area contributed by atoms with E-state index in [0.29, 0.717) is 0 Å². The molecule has 0 saturated heterocycles. The fourth-order valence-electron chi connectivity index (χ4n) is 1.16. The number of rotatable bonds is 4. The summed E-state index contributed by atoms with van der Waals surface area (Å²) in [5, 5.41) is 8.85. The Bertz CT molecular complexity index is 337. The smallest absolute Gasteiger partial charge is 0.315 e. The molecule has 1 aromatic heterocycles. The van der Waals surface area contributed by atoms with E-state index in [1.807, 2.05) is 16.8 Å². The second-order valence-electron chi connectivity index (χ2n) is 3.00. The molecule has 0 aromatic carbocycles. The minimum absolute atomic E-state index is 0.101. The lowest BCUT2D eigenvalue weighted by molar-refractivity contribution is -0.118. The van der Waals surface area contributed by atoms with E-state index < -0.39 is 5.91 Å². The normalized spacial score (nSPS) is 11.8. The highest BCUT2D eigenvalue weighted by Gasteiger charge is 2.16. The van der Waals surface area contributed by atoms with E-state index in [0.717, 1.165) is 5.56 Å². The van der Waals surface area contributed by atoms with Crippen molar-refractivity contribution in [3.8, 4) is 0 Å². The van der Waals surface area contributed by atoms with Gasteiger partial charge in [-0.15, -0.1) is 0 Å². The fraction of sp³-hybridized carbons (Fsp3) is 0.333. The van der Waals surface area contributed by atoms with Gasteiger partial charge < -0.3 is 16.4 Å². The highest BCUT2D eigenvalue weighted by atomic mass is 32.1. The first kappa shape index (κ1) is 11.5. The van der Waals surface area contributed by atoms with Gasteiger partial charge in [0.25, 0.3) is 0 Å². The third kappa shape index (κ3) is 3.59. The van der Waals surface area contributed by atoms with E-state index >= 15 is 0 Å². The van der Waals surface area contributed by atoms with Gasteiger partial charge in [-0.2, -0.15) is 11.3 Å². The molecule has 15 heavy (non-hydrogen) atoms. The van der Waals surface area contributed by atoms with Crippen LogP contribution >= 0.6 is 11.3 Å². The summed E-state index contributed by atoms with van der Waals surface area (Å²) in [4.78, 5) is 22.0. The van der Waals surface area contributed by atoms with Crippen molar-refractivity contribution in [3.63, 3.8) is 0 Å². The fourth-order valence-corrected chi connectivity index (χ4v) is 1.87. The van der Waals surface area contributed by atoms with Gasteiger partial charge in [-0.3, -0.25) is 4.79 Å². The highest BCUT2D eigenvalue weighted by molar-refractivity contribution is 7.07. The number of carbonyl (C=O) groups excluding carboxylic acids is 2. The Morgan fingerprint density at radius 2 is 2.33 bits per heavy atom. The Morgan fingerprint density at radius 1 is 1.60 bits per heavy atom. The molecule has 0 spiro atoms. The van der Waals surface area contributed by atoms with Gasteiger partial charge in [0, 0.05) is 7.05 Å². The standard InChI is InChI=1S/C9H13N3O2S/c1-11-9(14)12-7(4-8(10)13)6-2-3-15-5-6/h2-3,5,7H,4H2,1H3,(H2,10,13)(H2,11,12,14). The van der Waals surface area contributed by atoms with Crippen molar-refractivity contribution in [1.82, 2.24) is 10.6 Å². The molecule has 0 aliphatic heterocycles. The van der Waals surface area contributed by atoms with Crippen molar-refractivity contribution >= 4 is 23.3 Å². The lowest BCUT2D eigenvalue weighted by Gasteiger charge is -2.15. The zero-order valence-corrected chi connectivity index (χ0v) is 9.14. The quantitative estimate of drug-likeness (QED) is 0.703. The summed E-state index contributed by atoms with van der Waals surface area (Å²) in [5.74, 6) is -0.442. The van der Waals surface area contributed by atoms with Crippen LogP contribution in [0.5, 0.6) is 0 Å². The van der Waals surface area contributed by atoms with Crippen molar-refractivity contribution in [2.24, 2.45) is 5.73 Å². The van der Waals surface area contributed by atoms with Gasteiger partial charge in [0.2, 0.25) is 5.91 Å². The number of amides is 3. The van der Waals surface area contributed by atoms with Crippen LogP contribution in [0.4, 0.5) is 4.79 Å². The summed E-state index contributed by atoms with van der Waals surface area (Å²) < 4.78 is 0. The topological polar surface area (TPSA) is 84.2 Å². The molecule has 0 aliphatic rings. The Hall–Kier alpha value is -1.56. The molecule has 1 rings (SSSR count). The molecule has 1 heterocycles. The van der Waals surface area contributed by atoms with Gasteiger partial charge >= 0.3 is 6.03 Å². The molecule has 3 amide bonds. The molecule has 4 N–H and O–H groups in total. The number of nitrogens with two attached hydrogens (primary N) is 1. The number of primary amides is 1. The lowest BCUT2D eigenvalue weighted by Crippen LogP contribution is -2.37.